The van der Waals surface area contributed by atoms with E-state index in [-0.39, 0.29) is 11.7 Å². The molecule has 90 valence electrons. The molecule has 0 saturated heterocycles. The summed E-state index contributed by atoms with van der Waals surface area (Å²) in [6.07, 6.45) is -0.807. The molecule has 2 aromatic rings. The summed E-state index contributed by atoms with van der Waals surface area (Å²) in [5, 5.41) is 11.4. The normalized spacial score (nSPS) is 12.6. The lowest BCUT2D eigenvalue weighted by atomic mass is 10.3. The summed E-state index contributed by atoms with van der Waals surface area (Å²) < 4.78 is 1.98. The highest BCUT2D eigenvalue weighted by Gasteiger charge is 2.08. The summed E-state index contributed by atoms with van der Waals surface area (Å²) in [5.41, 5.74) is 0.955. The van der Waals surface area contributed by atoms with E-state index in [2.05, 4.69) is 10.3 Å². The van der Waals surface area contributed by atoms with E-state index in [1.54, 1.807) is 11.3 Å². The van der Waals surface area contributed by atoms with Gasteiger partial charge in [0.25, 0.3) is 0 Å². The minimum absolute atomic E-state index is 0.191. The Hall–Kier alpha value is -1.11. The van der Waals surface area contributed by atoms with Gasteiger partial charge in [0.05, 0.1) is 16.0 Å². The molecular weight excluding hydrogens is 256 g/mol. The van der Waals surface area contributed by atoms with Crippen molar-refractivity contribution in [2.24, 2.45) is 0 Å². The van der Waals surface area contributed by atoms with Crippen molar-refractivity contribution >= 4 is 39.2 Å². The number of hydrogen-bond acceptors (Lipinski definition) is 5. The van der Waals surface area contributed by atoms with Crippen molar-refractivity contribution in [3.63, 3.8) is 0 Å². The molecular formula is C11H12N2O2S2. The van der Waals surface area contributed by atoms with Gasteiger partial charge in [-0.05, 0) is 19.1 Å². The van der Waals surface area contributed by atoms with Crippen LogP contribution in [0.25, 0.3) is 10.2 Å². The Morgan fingerprint density at radius 1 is 1.59 bits per heavy atom. The van der Waals surface area contributed by atoms with Gasteiger partial charge in [-0.1, -0.05) is 23.9 Å². The monoisotopic (exact) mass is 268 g/mol. The fourth-order valence-electron chi connectivity index (χ4n) is 1.31. The van der Waals surface area contributed by atoms with Crippen LogP contribution in [0.5, 0.6) is 0 Å². The van der Waals surface area contributed by atoms with Crippen LogP contribution in [0.2, 0.25) is 0 Å². The molecule has 4 nitrogen and oxygen atoms in total. The van der Waals surface area contributed by atoms with Gasteiger partial charge < -0.3 is 10.4 Å². The number of benzene rings is 1. The number of fused-ring (bicyclic) bond motifs is 1. The number of thiazole rings is 1. The molecule has 6 heteroatoms. The largest absolute Gasteiger partial charge is 0.374 e. The average molecular weight is 268 g/mol. The number of carbonyl (C=O) groups is 1. The van der Waals surface area contributed by atoms with Gasteiger partial charge >= 0.3 is 0 Å². The predicted octanol–water partition coefficient (Wildman–Crippen LogP) is 1.84. The zero-order chi connectivity index (χ0) is 12.3. The van der Waals surface area contributed by atoms with Gasteiger partial charge in [-0.15, -0.1) is 11.3 Å². The summed E-state index contributed by atoms with van der Waals surface area (Å²) in [6, 6.07) is 7.87. The van der Waals surface area contributed by atoms with Gasteiger partial charge in [0.2, 0.25) is 5.91 Å². The first kappa shape index (κ1) is 12.3. The minimum Gasteiger partial charge on any atom is -0.374 e. The van der Waals surface area contributed by atoms with Crippen LogP contribution in [-0.4, -0.2) is 28.0 Å². The van der Waals surface area contributed by atoms with Crippen molar-refractivity contribution in [2.45, 2.75) is 17.5 Å². The van der Waals surface area contributed by atoms with Crippen molar-refractivity contribution in [3.8, 4) is 0 Å². The Bertz CT molecular complexity index is 492. The van der Waals surface area contributed by atoms with E-state index >= 15 is 0 Å². The predicted molar refractivity (Wildman–Crippen MR) is 70.2 cm³/mol. The number of nitrogens with zero attached hydrogens (tertiary/aromatic N) is 1. The number of aliphatic hydroxyl groups excluding tert-OH is 1. The molecule has 1 atom stereocenters. The molecule has 17 heavy (non-hydrogen) atoms. The van der Waals surface area contributed by atoms with E-state index < -0.39 is 6.23 Å². The van der Waals surface area contributed by atoms with Crippen LogP contribution >= 0.6 is 23.1 Å². The number of aliphatic hydroxyl groups is 1. The number of carbonyl (C=O) groups excluding carboxylic acids is 1. The molecule has 0 radical (unpaired) electrons. The lowest BCUT2D eigenvalue weighted by molar-refractivity contribution is -0.121. The second kappa shape index (κ2) is 5.48. The number of para-hydroxylation sites is 1. The number of hydrogen-bond donors (Lipinski definition) is 2. The van der Waals surface area contributed by atoms with E-state index in [1.165, 1.54) is 18.7 Å². The average Bonchev–Trinajstić information content (AvgIpc) is 2.68. The number of rotatable bonds is 4. The van der Waals surface area contributed by atoms with Gasteiger partial charge in [0, 0.05) is 0 Å². The second-order valence-electron chi connectivity index (χ2n) is 3.48. The van der Waals surface area contributed by atoms with Crippen molar-refractivity contribution in [1.82, 2.24) is 10.3 Å². The van der Waals surface area contributed by atoms with Crippen LogP contribution in [-0.2, 0) is 4.79 Å². The van der Waals surface area contributed by atoms with E-state index in [4.69, 9.17) is 5.11 Å². The smallest absolute Gasteiger partial charge is 0.232 e. The molecule has 0 aliphatic rings. The summed E-state index contributed by atoms with van der Waals surface area (Å²) in [4.78, 5) is 15.7. The van der Waals surface area contributed by atoms with E-state index in [9.17, 15) is 4.79 Å². The highest BCUT2D eigenvalue weighted by molar-refractivity contribution is 8.01. The SMILES string of the molecule is CC(O)NC(=O)CSc1nc2ccccc2s1. The second-order valence-corrected chi connectivity index (χ2v) is 5.73. The molecule has 2 N–H and O–H groups in total. The van der Waals surface area contributed by atoms with Gasteiger partial charge in [0.15, 0.2) is 4.34 Å². The lowest BCUT2D eigenvalue weighted by Crippen LogP contribution is -2.33. The van der Waals surface area contributed by atoms with Gasteiger partial charge in [-0.25, -0.2) is 4.98 Å². The van der Waals surface area contributed by atoms with E-state index in [1.807, 2.05) is 24.3 Å². The van der Waals surface area contributed by atoms with Crippen molar-refractivity contribution in [3.05, 3.63) is 24.3 Å². The highest BCUT2D eigenvalue weighted by Crippen LogP contribution is 2.28. The maximum atomic E-state index is 11.3. The van der Waals surface area contributed by atoms with Crippen LogP contribution in [0.1, 0.15) is 6.92 Å². The first-order chi connectivity index (χ1) is 8.15. The fraction of sp³-hybridized carbons (Fsp3) is 0.273. The van der Waals surface area contributed by atoms with Crippen molar-refractivity contribution in [2.75, 3.05) is 5.75 Å². The third-order valence-electron chi connectivity index (χ3n) is 1.97. The third-order valence-corrected chi connectivity index (χ3v) is 4.15. The van der Waals surface area contributed by atoms with Crippen LogP contribution in [0.3, 0.4) is 0 Å². The van der Waals surface area contributed by atoms with Crippen LogP contribution in [0, 0.1) is 0 Å². The molecule has 0 fully saturated rings. The van der Waals surface area contributed by atoms with Crippen LogP contribution in [0.4, 0.5) is 0 Å². The lowest BCUT2D eigenvalue weighted by Gasteiger charge is -2.05. The first-order valence-corrected chi connectivity index (χ1v) is 6.91. The molecule has 0 aliphatic carbocycles. The summed E-state index contributed by atoms with van der Waals surface area (Å²) in [5.74, 6) is 0.0781. The zero-order valence-electron chi connectivity index (χ0n) is 9.21. The molecule has 1 amide bonds. The van der Waals surface area contributed by atoms with Gasteiger partial charge in [-0.2, -0.15) is 0 Å². The zero-order valence-corrected chi connectivity index (χ0v) is 10.8. The molecule has 0 spiro atoms. The molecule has 1 unspecified atom stereocenters. The standard InChI is InChI=1S/C11H12N2O2S2/c1-7(14)12-10(15)6-16-11-13-8-4-2-3-5-9(8)17-11/h2-5,7,14H,6H2,1H3,(H,12,15). The summed E-state index contributed by atoms with van der Waals surface area (Å²) in [6.45, 7) is 1.51. The Balaban J connectivity index is 1.97. The topological polar surface area (TPSA) is 62.2 Å². The van der Waals surface area contributed by atoms with Crippen molar-refractivity contribution < 1.29 is 9.90 Å². The van der Waals surface area contributed by atoms with Crippen LogP contribution in [0.15, 0.2) is 28.6 Å². The first-order valence-electron chi connectivity index (χ1n) is 5.11. The van der Waals surface area contributed by atoms with Gasteiger partial charge in [0.1, 0.15) is 6.23 Å². The Kier molecular flexibility index (Phi) is 3.98. The quantitative estimate of drug-likeness (QED) is 0.656. The Morgan fingerprint density at radius 3 is 3.06 bits per heavy atom. The number of aromatic nitrogens is 1. The van der Waals surface area contributed by atoms with E-state index in [0.29, 0.717) is 0 Å². The highest BCUT2D eigenvalue weighted by atomic mass is 32.2. The molecule has 1 heterocycles. The molecule has 1 aromatic heterocycles. The molecule has 2 rings (SSSR count). The maximum Gasteiger partial charge on any atom is 0.232 e. The number of amides is 1. The summed E-state index contributed by atoms with van der Waals surface area (Å²) in [7, 11) is 0. The molecule has 0 saturated carbocycles. The van der Waals surface area contributed by atoms with Crippen LogP contribution < -0.4 is 5.32 Å². The Morgan fingerprint density at radius 2 is 2.35 bits per heavy atom. The maximum absolute atomic E-state index is 11.3. The van der Waals surface area contributed by atoms with Gasteiger partial charge in [-0.3, -0.25) is 4.79 Å². The minimum atomic E-state index is -0.807. The Labute approximate surface area is 107 Å². The fourth-order valence-corrected chi connectivity index (χ4v) is 3.19. The molecule has 0 bridgehead atoms. The third kappa shape index (κ3) is 3.42. The van der Waals surface area contributed by atoms with Crippen molar-refractivity contribution in [1.29, 1.82) is 0 Å². The number of nitrogens with one attached hydrogen (secondary N) is 1. The molecule has 0 aliphatic heterocycles. The van der Waals surface area contributed by atoms with E-state index in [0.717, 1.165) is 14.6 Å². The molecule has 1 aromatic carbocycles. The summed E-state index contributed by atoms with van der Waals surface area (Å²) >= 11 is 2.95. The number of thioether (sulfide) groups is 1.